The van der Waals surface area contributed by atoms with E-state index < -0.39 is 5.82 Å². The summed E-state index contributed by atoms with van der Waals surface area (Å²) in [6.07, 6.45) is 0.622. The lowest BCUT2D eigenvalue weighted by atomic mass is 10.0. The van der Waals surface area contributed by atoms with Gasteiger partial charge in [0.1, 0.15) is 11.9 Å². The first-order valence-corrected chi connectivity index (χ1v) is 4.34. The first kappa shape index (κ1) is 10.6. The van der Waals surface area contributed by atoms with Crippen molar-refractivity contribution in [1.29, 1.82) is 5.26 Å². The molecule has 1 aromatic carbocycles. The van der Waals surface area contributed by atoms with E-state index in [4.69, 9.17) is 16.7 Å². The van der Waals surface area contributed by atoms with Crippen LogP contribution in [0.4, 0.5) is 4.39 Å². The number of halogens is 1. The first-order chi connectivity index (χ1) is 6.69. The minimum Gasteiger partial charge on any atom is -0.330 e. The molecule has 0 aliphatic carbocycles. The fourth-order valence-corrected chi connectivity index (χ4v) is 1.21. The lowest BCUT2D eigenvalue weighted by Crippen LogP contribution is -2.15. The van der Waals surface area contributed by atoms with Gasteiger partial charge in [0.25, 0.3) is 0 Å². The van der Waals surface area contributed by atoms with Crippen molar-refractivity contribution >= 4 is 0 Å². The average Bonchev–Trinajstić information content (AvgIpc) is 2.19. The lowest BCUT2D eigenvalue weighted by molar-refractivity contribution is 0.617. The molecule has 0 heterocycles. The molecule has 1 aromatic rings. The summed E-state index contributed by atoms with van der Waals surface area (Å²) < 4.78 is 12.9. The zero-order valence-corrected chi connectivity index (χ0v) is 7.70. The van der Waals surface area contributed by atoms with Gasteiger partial charge < -0.3 is 11.5 Å². The van der Waals surface area contributed by atoms with Gasteiger partial charge in [-0.05, 0) is 30.7 Å². The second-order valence-corrected chi connectivity index (χ2v) is 3.03. The van der Waals surface area contributed by atoms with Crippen molar-refractivity contribution in [1.82, 2.24) is 0 Å². The largest absolute Gasteiger partial charge is 0.330 e. The van der Waals surface area contributed by atoms with Crippen molar-refractivity contribution in [2.75, 3.05) is 6.54 Å². The van der Waals surface area contributed by atoms with Crippen molar-refractivity contribution in [3.8, 4) is 6.07 Å². The van der Waals surface area contributed by atoms with E-state index in [0.717, 1.165) is 5.56 Å². The van der Waals surface area contributed by atoms with Gasteiger partial charge in [-0.1, -0.05) is 6.07 Å². The molecule has 4 heteroatoms. The molecule has 0 aromatic heterocycles. The molecule has 0 saturated carbocycles. The van der Waals surface area contributed by atoms with Crippen molar-refractivity contribution in [2.45, 2.75) is 12.5 Å². The summed E-state index contributed by atoms with van der Waals surface area (Å²) in [6, 6.07) is 5.84. The summed E-state index contributed by atoms with van der Waals surface area (Å²) in [5.74, 6) is -0.517. The molecule has 74 valence electrons. The zero-order valence-electron chi connectivity index (χ0n) is 7.70. The third kappa shape index (κ3) is 2.28. The van der Waals surface area contributed by atoms with Crippen LogP contribution in [0.2, 0.25) is 0 Å². The third-order valence-electron chi connectivity index (χ3n) is 2.02. The SMILES string of the molecule is N#Cc1cc([C@H](N)CCN)ccc1F. The Morgan fingerprint density at radius 2 is 2.21 bits per heavy atom. The maximum absolute atomic E-state index is 12.9. The normalized spacial score (nSPS) is 12.1. The predicted molar refractivity (Wildman–Crippen MR) is 51.7 cm³/mol. The van der Waals surface area contributed by atoms with Gasteiger partial charge in [-0.15, -0.1) is 0 Å². The number of benzene rings is 1. The lowest BCUT2D eigenvalue weighted by Gasteiger charge is -2.10. The van der Waals surface area contributed by atoms with Gasteiger partial charge in [0.15, 0.2) is 0 Å². The van der Waals surface area contributed by atoms with E-state index in [0.29, 0.717) is 13.0 Å². The molecule has 14 heavy (non-hydrogen) atoms. The topological polar surface area (TPSA) is 75.8 Å². The number of nitriles is 1. The molecule has 0 spiro atoms. The number of nitrogens with two attached hydrogens (primary N) is 2. The fraction of sp³-hybridized carbons (Fsp3) is 0.300. The summed E-state index contributed by atoms with van der Waals surface area (Å²) >= 11 is 0. The molecule has 0 radical (unpaired) electrons. The second kappa shape index (κ2) is 4.70. The number of nitrogens with zero attached hydrogens (tertiary/aromatic N) is 1. The minimum absolute atomic E-state index is 0.0231. The molecule has 0 unspecified atom stereocenters. The van der Waals surface area contributed by atoms with E-state index in [1.165, 1.54) is 12.1 Å². The number of rotatable bonds is 3. The van der Waals surface area contributed by atoms with Gasteiger partial charge in [-0.25, -0.2) is 4.39 Å². The number of hydrogen-bond acceptors (Lipinski definition) is 3. The van der Waals surface area contributed by atoms with Gasteiger partial charge in [0.05, 0.1) is 5.56 Å². The van der Waals surface area contributed by atoms with E-state index in [1.54, 1.807) is 12.1 Å². The van der Waals surface area contributed by atoms with Crippen molar-refractivity contribution in [3.05, 3.63) is 35.1 Å². The zero-order chi connectivity index (χ0) is 10.6. The Morgan fingerprint density at radius 3 is 2.79 bits per heavy atom. The highest BCUT2D eigenvalue weighted by Gasteiger charge is 2.08. The molecule has 4 N–H and O–H groups in total. The minimum atomic E-state index is -0.517. The summed E-state index contributed by atoms with van der Waals surface area (Å²) in [7, 11) is 0. The molecule has 0 bridgehead atoms. The Morgan fingerprint density at radius 1 is 1.50 bits per heavy atom. The molecular weight excluding hydrogens is 181 g/mol. The van der Waals surface area contributed by atoms with Crippen LogP contribution in [0, 0.1) is 17.1 Å². The van der Waals surface area contributed by atoms with Gasteiger partial charge >= 0.3 is 0 Å². The Labute approximate surface area is 82.1 Å². The second-order valence-electron chi connectivity index (χ2n) is 3.03. The van der Waals surface area contributed by atoms with E-state index in [2.05, 4.69) is 0 Å². The average molecular weight is 193 g/mol. The standard InChI is InChI=1S/C10H12FN3/c11-9-2-1-7(5-8(9)6-13)10(14)3-4-12/h1-2,5,10H,3-4,12,14H2/t10-/m1/s1. The van der Waals surface area contributed by atoms with Gasteiger partial charge in [-0.3, -0.25) is 0 Å². The molecule has 1 rings (SSSR count). The Bertz CT molecular complexity index is 357. The number of hydrogen-bond donors (Lipinski definition) is 2. The Kier molecular flexibility index (Phi) is 3.57. The highest BCUT2D eigenvalue weighted by Crippen LogP contribution is 2.16. The van der Waals surface area contributed by atoms with Crippen LogP contribution in [0.25, 0.3) is 0 Å². The highest BCUT2D eigenvalue weighted by molar-refractivity contribution is 5.35. The Balaban J connectivity index is 2.95. The molecule has 0 aliphatic rings. The highest BCUT2D eigenvalue weighted by atomic mass is 19.1. The van der Waals surface area contributed by atoms with Crippen LogP contribution < -0.4 is 11.5 Å². The smallest absolute Gasteiger partial charge is 0.140 e. The summed E-state index contributed by atoms with van der Waals surface area (Å²) in [5.41, 5.74) is 11.9. The fourth-order valence-electron chi connectivity index (χ4n) is 1.21. The summed E-state index contributed by atoms with van der Waals surface area (Å²) in [6.45, 7) is 0.473. The van der Waals surface area contributed by atoms with Gasteiger partial charge in [0.2, 0.25) is 0 Å². The van der Waals surface area contributed by atoms with E-state index >= 15 is 0 Å². The van der Waals surface area contributed by atoms with E-state index in [9.17, 15) is 4.39 Å². The molecule has 1 atom stereocenters. The van der Waals surface area contributed by atoms with Crippen LogP contribution in [-0.2, 0) is 0 Å². The van der Waals surface area contributed by atoms with Crippen LogP contribution in [0.15, 0.2) is 18.2 Å². The predicted octanol–water partition coefficient (Wildman–Crippen LogP) is 1.05. The van der Waals surface area contributed by atoms with Crippen LogP contribution in [0.1, 0.15) is 23.6 Å². The molecule has 0 fully saturated rings. The Hall–Kier alpha value is -1.44. The summed E-state index contributed by atoms with van der Waals surface area (Å²) in [5, 5.41) is 8.60. The van der Waals surface area contributed by atoms with Crippen molar-refractivity contribution in [3.63, 3.8) is 0 Å². The van der Waals surface area contributed by atoms with Crippen molar-refractivity contribution in [2.24, 2.45) is 11.5 Å². The van der Waals surface area contributed by atoms with Gasteiger partial charge in [-0.2, -0.15) is 5.26 Å². The van der Waals surface area contributed by atoms with Crippen LogP contribution in [0.3, 0.4) is 0 Å². The van der Waals surface area contributed by atoms with Crippen molar-refractivity contribution < 1.29 is 4.39 Å². The van der Waals surface area contributed by atoms with Crippen LogP contribution in [0.5, 0.6) is 0 Å². The van der Waals surface area contributed by atoms with Gasteiger partial charge in [0, 0.05) is 6.04 Å². The third-order valence-corrected chi connectivity index (χ3v) is 2.02. The molecule has 0 aliphatic heterocycles. The molecular formula is C10H12FN3. The molecule has 0 saturated heterocycles. The summed E-state index contributed by atoms with van der Waals surface area (Å²) in [4.78, 5) is 0. The molecule has 3 nitrogen and oxygen atoms in total. The maximum atomic E-state index is 12.9. The van der Waals surface area contributed by atoms with Crippen LogP contribution in [-0.4, -0.2) is 6.54 Å². The van der Waals surface area contributed by atoms with E-state index in [1.807, 2.05) is 0 Å². The van der Waals surface area contributed by atoms with E-state index in [-0.39, 0.29) is 11.6 Å². The first-order valence-electron chi connectivity index (χ1n) is 4.34. The van der Waals surface area contributed by atoms with Crippen LogP contribution >= 0.6 is 0 Å². The maximum Gasteiger partial charge on any atom is 0.140 e. The quantitative estimate of drug-likeness (QED) is 0.753. The monoisotopic (exact) mass is 193 g/mol. The molecule has 0 amide bonds.